The fourth-order valence-corrected chi connectivity index (χ4v) is 3.24. The molecule has 2 rings (SSSR count). The number of aromatic nitrogens is 1. The molecule has 0 spiro atoms. The van der Waals surface area contributed by atoms with Crippen LogP contribution in [0.4, 0.5) is 0 Å². The van der Waals surface area contributed by atoms with E-state index < -0.39 is 5.97 Å². The van der Waals surface area contributed by atoms with Gasteiger partial charge in [-0.25, -0.2) is 4.98 Å². The molecule has 5 heteroatoms. The van der Waals surface area contributed by atoms with Gasteiger partial charge in [0.05, 0.1) is 12.2 Å². The molecule has 0 aliphatic carbocycles. The van der Waals surface area contributed by atoms with Crippen molar-refractivity contribution in [3.05, 3.63) is 16.1 Å². The molecular weight excluding hydrogens is 248 g/mol. The van der Waals surface area contributed by atoms with Gasteiger partial charge in [0.25, 0.3) is 0 Å². The van der Waals surface area contributed by atoms with Gasteiger partial charge >= 0.3 is 5.97 Å². The molecule has 1 aromatic heterocycles. The monoisotopic (exact) mass is 268 g/mol. The molecule has 1 fully saturated rings. The highest BCUT2D eigenvalue weighted by molar-refractivity contribution is 7.09. The summed E-state index contributed by atoms with van der Waals surface area (Å²) in [7, 11) is 0. The minimum atomic E-state index is -0.708. The van der Waals surface area contributed by atoms with Crippen LogP contribution in [0.3, 0.4) is 0 Å². The lowest BCUT2D eigenvalue weighted by atomic mass is 9.93. The third-order valence-electron chi connectivity index (χ3n) is 3.31. The molecule has 2 heterocycles. The van der Waals surface area contributed by atoms with Gasteiger partial charge in [0.2, 0.25) is 0 Å². The normalized spacial score (nSPS) is 21.4. The summed E-state index contributed by atoms with van der Waals surface area (Å²) in [5.74, 6) is -0.708. The van der Waals surface area contributed by atoms with E-state index in [1.54, 1.807) is 11.3 Å². The Morgan fingerprint density at radius 1 is 1.61 bits per heavy atom. The molecule has 0 saturated carbocycles. The Morgan fingerprint density at radius 2 is 2.33 bits per heavy atom. The van der Waals surface area contributed by atoms with Crippen LogP contribution in [0.2, 0.25) is 0 Å². The Labute approximate surface area is 112 Å². The van der Waals surface area contributed by atoms with Gasteiger partial charge in [-0.15, -0.1) is 11.3 Å². The zero-order valence-corrected chi connectivity index (χ0v) is 12.0. The molecule has 18 heavy (non-hydrogen) atoms. The molecule has 0 amide bonds. The maximum Gasteiger partial charge on any atom is 0.320 e. The smallest absolute Gasteiger partial charge is 0.320 e. The number of carbonyl (C=O) groups is 1. The van der Waals surface area contributed by atoms with Crippen molar-refractivity contribution in [3.8, 4) is 0 Å². The summed E-state index contributed by atoms with van der Waals surface area (Å²) >= 11 is 1.63. The lowest BCUT2D eigenvalue weighted by Gasteiger charge is -2.19. The molecule has 1 aliphatic rings. The second-order valence-electron chi connectivity index (χ2n) is 5.84. The Bertz CT molecular complexity index is 436. The van der Waals surface area contributed by atoms with Crippen molar-refractivity contribution in [1.29, 1.82) is 0 Å². The molecule has 0 aromatic carbocycles. The van der Waals surface area contributed by atoms with Crippen LogP contribution >= 0.6 is 11.3 Å². The van der Waals surface area contributed by atoms with Crippen molar-refractivity contribution in [2.75, 3.05) is 6.54 Å². The van der Waals surface area contributed by atoms with Gasteiger partial charge in [-0.1, -0.05) is 20.8 Å². The quantitative estimate of drug-likeness (QED) is 0.915. The maximum absolute atomic E-state index is 11.1. The summed E-state index contributed by atoms with van der Waals surface area (Å²) in [6.07, 6.45) is 1.72. The van der Waals surface area contributed by atoms with Crippen molar-refractivity contribution in [3.63, 3.8) is 0 Å². The molecule has 1 aliphatic heterocycles. The zero-order valence-electron chi connectivity index (χ0n) is 11.1. The van der Waals surface area contributed by atoms with Crippen molar-refractivity contribution in [2.24, 2.45) is 0 Å². The SMILES string of the molecule is CC(C)(C)c1csc(CN2CCCC2C(=O)O)n1. The van der Waals surface area contributed by atoms with Gasteiger partial charge in [-0.2, -0.15) is 0 Å². The number of carboxylic acid groups (broad SMARTS) is 1. The van der Waals surface area contributed by atoms with E-state index in [-0.39, 0.29) is 11.5 Å². The van der Waals surface area contributed by atoms with E-state index in [2.05, 4.69) is 31.1 Å². The number of carboxylic acids is 1. The summed E-state index contributed by atoms with van der Waals surface area (Å²) in [5.41, 5.74) is 1.15. The standard InChI is InChI=1S/C13H20N2O2S/c1-13(2,3)10-8-18-11(14-10)7-15-6-4-5-9(15)12(16)17/h8-9H,4-7H2,1-3H3,(H,16,17). The van der Waals surface area contributed by atoms with Gasteiger partial charge in [-0.05, 0) is 19.4 Å². The third-order valence-corrected chi connectivity index (χ3v) is 4.14. The number of thiazole rings is 1. The molecule has 0 bridgehead atoms. The van der Waals surface area contributed by atoms with E-state index in [1.165, 1.54) is 0 Å². The Hall–Kier alpha value is -0.940. The van der Waals surface area contributed by atoms with Gasteiger partial charge in [-0.3, -0.25) is 9.69 Å². The van der Waals surface area contributed by atoms with Crippen LogP contribution in [-0.4, -0.2) is 33.5 Å². The van der Waals surface area contributed by atoms with Crippen LogP contribution in [0.5, 0.6) is 0 Å². The van der Waals surface area contributed by atoms with Crippen molar-refractivity contribution in [1.82, 2.24) is 9.88 Å². The lowest BCUT2D eigenvalue weighted by molar-refractivity contribution is -0.142. The average molecular weight is 268 g/mol. The van der Waals surface area contributed by atoms with E-state index in [4.69, 9.17) is 5.11 Å². The maximum atomic E-state index is 11.1. The molecule has 100 valence electrons. The fraction of sp³-hybridized carbons (Fsp3) is 0.692. The van der Waals surface area contributed by atoms with E-state index in [0.717, 1.165) is 30.1 Å². The molecule has 1 atom stereocenters. The minimum absolute atomic E-state index is 0.0615. The van der Waals surface area contributed by atoms with Gasteiger partial charge in [0.15, 0.2) is 0 Å². The fourth-order valence-electron chi connectivity index (χ4n) is 2.20. The first-order valence-corrected chi connectivity index (χ1v) is 7.17. The Morgan fingerprint density at radius 3 is 2.89 bits per heavy atom. The number of nitrogens with zero attached hydrogens (tertiary/aromatic N) is 2. The topological polar surface area (TPSA) is 53.4 Å². The highest BCUT2D eigenvalue weighted by Crippen LogP contribution is 2.26. The van der Waals surface area contributed by atoms with Crippen LogP contribution in [0.15, 0.2) is 5.38 Å². The summed E-state index contributed by atoms with van der Waals surface area (Å²) in [6, 6.07) is -0.327. The number of hydrogen-bond donors (Lipinski definition) is 1. The van der Waals surface area contributed by atoms with Crippen molar-refractivity contribution < 1.29 is 9.90 Å². The van der Waals surface area contributed by atoms with Crippen LogP contribution < -0.4 is 0 Å². The van der Waals surface area contributed by atoms with Gasteiger partial charge in [0.1, 0.15) is 11.0 Å². The largest absolute Gasteiger partial charge is 0.480 e. The first-order valence-electron chi connectivity index (χ1n) is 6.29. The summed E-state index contributed by atoms with van der Waals surface area (Å²) < 4.78 is 0. The second-order valence-corrected chi connectivity index (χ2v) is 6.79. The molecule has 0 radical (unpaired) electrons. The van der Waals surface area contributed by atoms with Gasteiger partial charge in [0, 0.05) is 10.8 Å². The summed E-state index contributed by atoms with van der Waals surface area (Å²) in [4.78, 5) is 17.8. The van der Waals surface area contributed by atoms with Crippen molar-refractivity contribution in [2.45, 2.75) is 51.6 Å². The first-order chi connectivity index (χ1) is 8.38. The number of hydrogen-bond acceptors (Lipinski definition) is 4. The molecule has 4 nitrogen and oxygen atoms in total. The number of aliphatic carboxylic acids is 1. The molecule has 1 aromatic rings. The first kappa shape index (κ1) is 13.5. The Balaban J connectivity index is 2.05. The van der Waals surface area contributed by atoms with E-state index in [1.807, 2.05) is 4.90 Å². The van der Waals surface area contributed by atoms with Crippen LogP contribution in [-0.2, 0) is 16.8 Å². The Kier molecular flexibility index (Phi) is 3.73. The minimum Gasteiger partial charge on any atom is -0.480 e. The van der Waals surface area contributed by atoms with Crippen LogP contribution in [0.1, 0.15) is 44.3 Å². The molecule has 1 unspecified atom stereocenters. The third kappa shape index (κ3) is 2.90. The highest BCUT2D eigenvalue weighted by Gasteiger charge is 2.31. The second kappa shape index (κ2) is 4.97. The predicted molar refractivity (Wildman–Crippen MR) is 71.9 cm³/mol. The molecular formula is C13H20N2O2S. The average Bonchev–Trinajstić information content (AvgIpc) is 2.85. The highest BCUT2D eigenvalue weighted by atomic mass is 32.1. The summed E-state index contributed by atoms with van der Waals surface area (Å²) in [6.45, 7) is 7.95. The van der Waals surface area contributed by atoms with Crippen molar-refractivity contribution >= 4 is 17.3 Å². The number of likely N-dealkylation sites (tertiary alicyclic amines) is 1. The molecule has 1 N–H and O–H groups in total. The van der Waals surface area contributed by atoms with Gasteiger partial charge < -0.3 is 5.11 Å². The molecule has 1 saturated heterocycles. The summed E-state index contributed by atoms with van der Waals surface area (Å²) in [5, 5.41) is 12.2. The predicted octanol–water partition coefficient (Wildman–Crippen LogP) is 2.49. The van der Waals surface area contributed by atoms with Crippen LogP contribution in [0.25, 0.3) is 0 Å². The van der Waals surface area contributed by atoms with E-state index in [9.17, 15) is 4.79 Å². The number of rotatable bonds is 3. The van der Waals surface area contributed by atoms with E-state index >= 15 is 0 Å². The van der Waals surface area contributed by atoms with Crippen LogP contribution in [0, 0.1) is 0 Å². The lowest BCUT2D eigenvalue weighted by Crippen LogP contribution is -2.35. The zero-order chi connectivity index (χ0) is 13.3. The van der Waals surface area contributed by atoms with E-state index in [0.29, 0.717) is 6.54 Å².